The van der Waals surface area contributed by atoms with Crippen LogP contribution in [0.25, 0.3) is 10.9 Å². The van der Waals surface area contributed by atoms with Crippen LogP contribution in [0.5, 0.6) is 0 Å². The smallest absolute Gasteiger partial charge is 0.252 e. The summed E-state index contributed by atoms with van der Waals surface area (Å²) in [6, 6.07) is 14.6. The maximum absolute atomic E-state index is 12.8. The van der Waals surface area contributed by atoms with E-state index in [2.05, 4.69) is 10.3 Å². The van der Waals surface area contributed by atoms with Gasteiger partial charge in [-0.2, -0.15) is 0 Å². The first-order valence-electron chi connectivity index (χ1n) is 7.28. The molecule has 0 saturated heterocycles. The first-order valence-corrected chi connectivity index (χ1v) is 7.28. The Morgan fingerprint density at radius 3 is 2.61 bits per heavy atom. The fourth-order valence-electron chi connectivity index (χ4n) is 2.46. The van der Waals surface area contributed by atoms with E-state index in [4.69, 9.17) is 0 Å². The Morgan fingerprint density at radius 1 is 1.09 bits per heavy atom. The molecule has 23 heavy (non-hydrogen) atoms. The summed E-state index contributed by atoms with van der Waals surface area (Å²) >= 11 is 0. The van der Waals surface area contributed by atoms with Crippen LogP contribution in [0, 0.1) is 5.82 Å². The minimum atomic E-state index is -0.313. The number of hydrogen-bond acceptors (Lipinski definition) is 2. The average molecular weight is 310 g/mol. The number of H-pyrrole nitrogens is 1. The number of pyridine rings is 1. The highest BCUT2D eigenvalue weighted by molar-refractivity contribution is 6.05. The molecule has 0 aliphatic carbocycles. The van der Waals surface area contributed by atoms with Gasteiger partial charge in [0.1, 0.15) is 5.82 Å². The predicted molar refractivity (Wildman–Crippen MR) is 87.0 cm³/mol. The SMILES string of the molecule is O=C(NCCc1ccc(F)cc1)c1cc(=O)[nH]c2ccccc12. The summed E-state index contributed by atoms with van der Waals surface area (Å²) in [5.74, 6) is -0.581. The van der Waals surface area contributed by atoms with E-state index < -0.39 is 0 Å². The molecule has 3 rings (SSSR count). The summed E-state index contributed by atoms with van der Waals surface area (Å²) in [5, 5.41) is 3.50. The molecule has 5 heteroatoms. The minimum absolute atomic E-state index is 0.284. The van der Waals surface area contributed by atoms with Gasteiger partial charge in [-0.1, -0.05) is 30.3 Å². The topological polar surface area (TPSA) is 62.0 Å². The number of aromatic nitrogens is 1. The Kier molecular flexibility index (Phi) is 4.19. The second-order valence-corrected chi connectivity index (χ2v) is 5.23. The van der Waals surface area contributed by atoms with Crippen molar-refractivity contribution >= 4 is 16.8 Å². The standard InChI is InChI=1S/C18H15FN2O2/c19-13-7-5-12(6-8-13)9-10-20-18(23)15-11-17(22)21-16-4-2-1-3-14(15)16/h1-8,11H,9-10H2,(H,20,23)(H,21,22). The Morgan fingerprint density at radius 2 is 1.83 bits per heavy atom. The van der Waals surface area contributed by atoms with Gasteiger partial charge in [-0.3, -0.25) is 9.59 Å². The van der Waals surface area contributed by atoms with Crippen molar-refractivity contribution in [1.29, 1.82) is 0 Å². The zero-order valence-corrected chi connectivity index (χ0v) is 12.3. The lowest BCUT2D eigenvalue weighted by molar-refractivity contribution is 0.0955. The highest BCUT2D eigenvalue weighted by Gasteiger charge is 2.11. The van der Waals surface area contributed by atoms with Crippen molar-refractivity contribution in [3.05, 3.63) is 81.9 Å². The van der Waals surface area contributed by atoms with Gasteiger partial charge in [0.05, 0.1) is 5.56 Å². The van der Waals surface area contributed by atoms with Gasteiger partial charge in [0.15, 0.2) is 0 Å². The fourth-order valence-corrected chi connectivity index (χ4v) is 2.46. The largest absolute Gasteiger partial charge is 0.352 e. The minimum Gasteiger partial charge on any atom is -0.352 e. The van der Waals surface area contributed by atoms with Crippen molar-refractivity contribution in [1.82, 2.24) is 10.3 Å². The summed E-state index contributed by atoms with van der Waals surface area (Å²) < 4.78 is 12.8. The van der Waals surface area contributed by atoms with Crippen molar-refractivity contribution in [2.24, 2.45) is 0 Å². The van der Waals surface area contributed by atoms with Crippen molar-refractivity contribution in [2.75, 3.05) is 6.54 Å². The van der Waals surface area contributed by atoms with Crippen molar-refractivity contribution < 1.29 is 9.18 Å². The third-order valence-corrected chi connectivity index (χ3v) is 3.61. The molecule has 0 saturated carbocycles. The van der Waals surface area contributed by atoms with E-state index in [-0.39, 0.29) is 17.3 Å². The number of halogens is 1. The van der Waals surface area contributed by atoms with Crippen LogP contribution in [0.4, 0.5) is 4.39 Å². The number of carbonyl (C=O) groups excluding carboxylic acids is 1. The van der Waals surface area contributed by atoms with E-state index >= 15 is 0 Å². The number of para-hydroxylation sites is 1. The lowest BCUT2D eigenvalue weighted by Gasteiger charge is -2.08. The molecule has 1 aromatic heterocycles. The van der Waals surface area contributed by atoms with Gasteiger partial charge < -0.3 is 10.3 Å². The normalized spacial score (nSPS) is 10.7. The van der Waals surface area contributed by atoms with E-state index in [1.54, 1.807) is 30.3 Å². The third kappa shape index (κ3) is 3.45. The molecule has 0 spiro atoms. The number of amides is 1. The van der Waals surface area contributed by atoms with Crippen molar-refractivity contribution in [3.63, 3.8) is 0 Å². The van der Waals surface area contributed by atoms with E-state index in [0.717, 1.165) is 5.56 Å². The number of nitrogens with one attached hydrogen (secondary N) is 2. The van der Waals surface area contributed by atoms with Gasteiger partial charge in [0, 0.05) is 23.5 Å². The summed E-state index contributed by atoms with van der Waals surface area (Å²) in [6.45, 7) is 0.408. The van der Waals surface area contributed by atoms with Crippen LogP contribution in [0.2, 0.25) is 0 Å². The van der Waals surface area contributed by atoms with E-state index in [9.17, 15) is 14.0 Å². The molecule has 0 radical (unpaired) electrons. The molecule has 0 aliphatic heterocycles. The fraction of sp³-hybridized carbons (Fsp3) is 0.111. The molecule has 0 bridgehead atoms. The monoisotopic (exact) mass is 310 g/mol. The first-order chi connectivity index (χ1) is 11.1. The summed E-state index contributed by atoms with van der Waals surface area (Å²) in [4.78, 5) is 26.7. The van der Waals surface area contributed by atoms with Crippen molar-refractivity contribution in [2.45, 2.75) is 6.42 Å². The van der Waals surface area contributed by atoms with Crippen LogP contribution in [-0.4, -0.2) is 17.4 Å². The van der Waals surface area contributed by atoms with Gasteiger partial charge in [0.25, 0.3) is 5.91 Å². The van der Waals surface area contributed by atoms with Crippen LogP contribution in [0.15, 0.2) is 59.4 Å². The Bertz CT molecular complexity index is 901. The van der Waals surface area contributed by atoms with Crippen molar-refractivity contribution in [3.8, 4) is 0 Å². The third-order valence-electron chi connectivity index (χ3n) is 3.61. The highest BCUT2D eigenvalue weighted by Crippen LogP contribution is 2.14. The zero-order chi connectivity index (χ0) is 16.2. The van der Waals surface area contributed by atoms with Crippen LogP contribution in [0.1, 0.15) is 15.9 Å². The number of carbonyl (C=O) groups is 1. The zero-order valence-electron chi connectivity index (χ0n) is 12.3. The number of hydrogen-bond donors (Lipinski definition) is 2. The van der Waals surface area contributed by atoms with Gasteiger partial charge in [0.2, 0.25) is 5.56 Å². The lowest BCUT2D eigenvalue weighted by Crippen LogP contribution is -2.27. The number of aromatic amines is 1. The summed E-state index contributed by atoms with van der Waals surface area (Å²) in [7, 11) is 0. The molecule has 0 atom stereocenters. The molecule has 0 unspecified atom stereocenters. The van der Waals surface area contributed by atoms with Gasteiger partial charge >= 0.3 is 0 Å². The molecule has 1 heterocycles. The van der Waals surface area contributed by atoms with Crippen LogP contribution in [-0.2, 0) is 6.42 Å². The Hall–Kier alpha value is -2.95. The lowest BCUT2D eigenvalue weighted by atomic mass is 10.1. The molecule has 4 nitrogen and oxygen atoms in total. The van der Waals surface area contributed by atoms with Gasteiger partial charge in [-0.15, -0.1) is 0 Å². The molecular formula is C18H15FN2O2. The highest BCUT2D eigenvalue weighted by atomic mass is 19.1. The summed E-state index contributed by atoms with van der Waals surface area (Å²) in [5.41, 5.74) is 1.60. The van der Waals surface area contributed by atoms with E-state index in [1.165, 1.54) is 18.2 Å². The molecule has 0 aliphatic rings. The molecule has 116 valence electrons. The molecule has 2 N–H and O–H groups in total. The van der Waals surface area contributed by atoms with E-state index in [0.29, 0.717) is 29.4 Å². The molecular weight excluding hydrogens is 295 g/mol. The van der Waals surface area contributed by atoms with Crippen LogP contribution >= 0.6 is 0 Å². The van der Waals surface area contributed by atoms with Crippen LogP contribution in [0.3, 0.4) is 0 Å². The molecule has 0 fully saturated rings. The van der Waals surface area contributed by atoms with E-state index in [1.807, 2.05) is 6.07 Å². The van der Waals surface area contributed by atoms with Gasteiger partial charge in [-0.25, -0.2) is 4.39 Å². The van der Waals surface area contributed by atoms with Gasteiger partial charge in [-0.05, 0) is 30.2 Å². The quantitative estimate of drug-likeness (QED) is 0.778. The average Bonchev–Trinajstić information content (AvgIpc) is 2.55. The Balaban J connectivity index is 1.73. The molecule has 2 aromatic carbocycles. The van der Waals surface area contributed by atoms with Crippen LogP contribution < -0.4 is 10.9 Å². The predicted octanol–water partition coefficient (Wildman–Crippen LogP) is 2.64. The number of fused-ring (bicyclic) bond motifs is 1. The maximum atomic E-state index is 12.8. The second-order valence-electron chi connectivity index (χ2n) is 5.23. The summed E-state index contributed by atoms with van der Waals surface area (Å²) in [6.07, 6.45) is 0.590. The molecule has 1 amide bonds. The number of rotatable bonds is 4. The first kappa shape index (κ1) is 15.0. The molecule has 3 aromatic rings. The number of benzene rings is 2. The Labute approximate surface area is 132 Å². The maximum Gasteiger partial charge on any atom is 0.252 e. The second kappa shape index (κ2) is 6.44.